The van der Waals surface area contributed by atoms with E-state index in [1.165, 1.54) is 17.5 Å². The third kappa shape index (κ3) is 3.09. The van der Waals surface area contributed by atoms with E-state index in [-0.39, 0.29) is 0 Å². The van der Waals surface area contributed by atoms with Crippen LogP contribution in [0.5, 0.6) is 0 Å². The number of hydrogen-bond acceptors (Lipinski definition) is 4. The van der Waals surface area contributed by atoms with E-state index in [0.29, 0.717) is 5.41 Å². The van der Waals surface area contributed by atoms with Crippen molar-refractivity contribution < 1.29 is 4.74 Å². The summed E-state index contributed by atoms with van der Waals surface area (Å²) in [7, 11) is 1.77. The number of hydrogen-bond donors (Lipinski definition) is 1. The molecule has 0 unspecified atom stereocenters. The molecule has 1 N–H and O–H groups in total. The molecule has 0 radical (unpaired) electrons. The summed E-state index contributed by atoms with van der Waals surface area (Å²) < 4.78 is 7.49. The van der Waals surface area contributed by atoms with Crippen molar-refractivity contribution in [1.29, 1.82) is 0 Å². The normalized spacial score (nSPS) is 16.7. The third-order valence-electron chi connectivity index (χ3n) is 3.76. The number of nitrogens with one attached hydrogen (secondary N) is 1. The molecule has 102 valence electrons. The second-order valence-corrected chi connectivity index (χ2v) is 7.17. The monoisotopic (exact) mass is 340 g/mol. The molecule has 1 aromatic carbocycles. The highest BCUT2D eigenvalue weighted by Crippen LogP contribution is 2.48. The number of rotatable bonds is 6. The minimum Gasteiger partial charge on any atom is -0.385 e. The number of thiazole rings is 1. The van der Waals surface area contributed by atoms with Crippen LogP contribution in [0, 0.1) is 5.41 Å². The number of ether oxygens (including phenoxy) is 1. The van der Waals surface area contributed by atoms with Crippen molar-refractivity contribution in [1.82, 2.24) is 4.98 Å². The first-order valence-electron chi connectivity index (χ1n) is 6.50. The number of benzene rings is 1. The van der Waals surface area contributed by atoms with Crippen LogP contribution < -0.4 is 5.32 Å². The Hall–Kier alpha value is -0.650. The Kier molecular flexibility index (Phi) is 3.78. The predicted molar refractivity (Wildman–Crippen MR) is 84.0 cm³/mol. The Morgan fingerprint density at radius 3 is 3.05 bits per heavy atom. The van der Waals surface area contributed by atoms with Crippen molar-refractivity contribution >= 4 is 42.6 Å². The van der Waals surface area contributed by atoms with Crippen LogP contribution in [0.25, 0.3) is 10.2 Å². The van der Waals surface area contributed by atoms with Gasteiger partial charge in [0.15, 0.2) is 5.13 Å². The van der Waals surface area contributed by atoms with E-state index in [4.69, 9.17) is 4.74 Å². The van der Waals surface area contributed by atoms with Gasteiger partial charge in [0, 0.05) is 24.7 Å². The number of nitrogens with zero attached hydrogens (tertiary/aromatic N) is 1. The van der Waals surface area contributed by atoms with Crippen LogP contribution in [-0.2, 0) is 4.74 Å². The summed E-state index contributed by atoms with van der Waals surface area (Å²) in [4.78, 5) is 4.63. The average molecular weight is 341 g/mol. The molecule has 0 bridgehead atoms. The number of aromatic nitrogens is 1. The first-order chi connectivity index (χ1) is 9.21. The maximum Gasteiger partial charge on any atom is 0.183 e. The van der Waals surface area contributed by atoms with E-state index < -0.39 is 0 Å². The van der Waals surface area contributed by atoms with E-state index >= 15 is 0 Å². The highest BCUT2D eigenvalue weighted by Gasteiger charge is 2.41. The van der Waals surface area contributed by atoms with Gasteiger partial charge >= 0.3 is 0 Å². The molecule has 2 aromatic rings. The maximum atomic E-state index is 5.18. The summed E-state index contributed by atoms with van der Waals surface area (Å²) in [6.45, 7) is 1.87. The largest absolute Gasteiger partial charge is 0.385 e. The molecular formula is C14H17BrN2OS. The molecule has 1 saturated carbocycles. The van der Waals surface area contributed by atoms with Gasteiger partial charge in [0.1, 0.15) is 0 Å². The van der Waals surface area contributed by atoms with Crippen molar-refractivity contribution in [3.8, 4) is 0 Å². The van der Waals surface area contributed by atoms with Crippen molar-refractivity contribution in [3.05, 3.63) is 22.7 Å². The van der Waals surface area contributed by atoms with Gasteiger partial charge in [0.05, 0.1) is 10.2 Å². The molecule has 19 heavy (non-hydrogen) atoms. The molecule has 1 heterocycles. The van der Waals surface area contributed by atoms with Gasteiger partial charge in [-0.15, -0.1) is 0 Å². The van der Waals surface area contributed by atoms with Gasteiger partial charge in [0.2, 0.25) is 0 Å². The highest BCUT2D eigenvalue weighted by molar-refractivity contribution is 9.10. The van der Waals surface area contributed by atoms with Gasteiger partial charge < -0.3 is 10.1 Å². The highest BCUT2D eigenvalue weighted by atomic mass is 79.9. The summed E-state index contributed by atoms with van der Waals surface area (Å²) >= 11 is 5.21. The fourth-order valence-electron chi connectivity index (χ4n) is 2.25. The number of methoxy groups -OCH3 is 1. The number of halogens is 1. The average Bonchev–Trinajstić information content (AvgIpc) is 3.06. The van der Waals surface area contributed by atoms with E-state index in [0.717, 1.165) is 34.7 Å². The van der Waals surface area contributed by atoms with Gasteiger partial charge in [-0.25, -0.2) is 4.98 Å². The molecule has 3 rings (SSSR count). The Morgan fingerprint density at radius 2 is 2.32 bits per heavy atom. The minimum atomic E-state index is 0.453. The van der Waals surface area contributed by atoms with Gasteiger partial charge in [0.25, 0.3) is 0 Å². The lowest BCUT2D eigenvalue weighted by molar-refractivity contribution is 0.175. The van der Waals surface area contributed by atoms with Crippen LogP contribution in [0.3, 0.4) is 0 Å². The second-order valence-electron chi connectivity index (χ2n) is 5.23. The summed E-state index contributed by atoms with van der Waals surface area (Å²) in [5, 5.41) is 4.53. The summed E-state index contributed by atoms with van der Waals surface area (Å²) in [6.07, 6.45) is 3.76. The Labute approximate surface area is 125 Å². The van der Waals surface area contributed by atoms with Gasteiger partial charge in [-0.2, -0.15) is 0 Å². The van der Waals surface area contributed by atoms with Crippen molar-refractivity contribution in [2.75, 3.05) is 25.6 Å². The van der Waals surface area contributed by atoms with E-state index in [1.807, 2.05) is 0 Å². The van der Waals surface area contributed by atoms with Crippen LogP contribution in [0.15, 0.2) is 22.7 Å². The standard InChI is InChI=1S/C14H17BrN2OS/c1-18-7-6-14(4-5-14)9-16-13-17-11-8-10(15)2-3-12(11)19-13/h2-3,8H,4-7,9H2,1H3,(H,16,17). The van der Waals surface area contributed by atoms with Crippen molar-refractivity contribution in [3.63, 3.8) is 0 Å². The molecular weight excluding hydrogens is 324 g/mol. The molecule has 1 aliphatic carbocycles. The lowest BCUT2D eigenvalue weighted by atomic mass is 10.0. The zero-order valence-electron chi connectivity index (χ0n) is 10.9. The fraction of sp³-hybridized carbons (Fsp3) is 0.500. The van der Waals surface area contributed by atoms with E-state index in [9.17, 15) is 0 Å². The molecule has 0 aliphatic heterocycles. The third-order valence-corrected chi connectivity index (χ3v) is 5.25. The Bertz CT molecular complexity index is 580. The second kappa shape index (κ2) is 5.38. The molecule has 1 aliphatic rings. The topological polar surface area (TPSA) is 34.1 Å². The van der Waals surface area contributed by atoms with Crippen molar-refractivity contribution in [2.45, 2.75) is 19.3 Å². The van der Waals surface area contributed by atoms with Crippen LogP contribution in [-0.4, -0.2) is 25.2 Å². The Balaban J connectivity index is 1.65. The maximum absolute atomic E-state index is 5.18. The van der Waals surface area contributed by atoms with Crippen LogP contribution in [0.1, 0.15) is 19.3 Å². The lowest BCUT2D eigenvalue weighted by Gasteiger charge is -2.14. The first-order valence-corrected chi connectivity index (χ1v) is 8.11. The first kappa shape index (κ1) is 13.3. The minimum absolute atomic E-state index is 0.453. The smallest absolute Gasteiger partial charge is 0.183 e. The van der Waals surface area contributed by atoms with E-state index in [1.54, 1.807) is 18.4 Å². The fourth-order valence-corrected chi connectivity index (χ4v) is 3.44. The van der Waals surface area contributed by atoms with Crippen LogP contribution >= 0.6 is 27.3 Å². The SMILES string of the molecule is COCCC1(CNc2nc3cc(Br)ccc3s2)CC1. The molecule has 1 aromatic heterocycles. The van der Waals surface area contributed by atoms with Gasteiger partial charge in [-0.05, 0) is 42.9 Å². The zero-order valence-corrected chi connectivity index (χ0v) is 13.3. The van der Waals surface area contributed by atoms with Crippen LogP contribution in [0.4, 0.5) is 5.13 Å². The van der Waals surface area contributed by atoms with Gasteiger partial charge in [-0.3, -0.25) is 0 Å². The molecule has 5 heteroatoms. The molecule has 3 nitrogen and oxygen atoms in total. The summed E-state index contributed by atoms with van der Waals surface area (Å²) in [5.41, 5.74) is 1.51. The quantitative estimate of drug-likeness (QED) is 0.851. The number of anilines is 1. The molecule has 0 atom stereocenters. The number of fused-ring (bicyclic) bond motifs is 1. The summed E-state index contributed by atoms with van der Waals surface area (Å²) in [6, 6.07) is 6.24. The Morgan fingerprint density at radius 1 is 1.47 bits per heavy atom. The van der Waals surface area contributed by atoms with Crippen molar-refractivity contribution in [2.24, 2.45) is 5.41 Å². The molecule has 1 fully saturated rings. The van der Waals surface area contributed by atoms with Gasteiger partial charge in [-0.1, -0.05) is 27.3 Å². The molecule has 0 spiro atoms. The predicted octanol–water partition coefficient (Wildman–Crippen LogP) is 4.29. The molecule has 0 saturated heterocycles. The summed E-state index contributed by atoms with van der Waals surface area (Å²) in [5.74, 6) is 0. The lowest BCUT2D eigenvalue weighted by Crippen LogP contribution is -2.17. The van der Waals surface area contributed by atoms with Crippen LogP contribution in [0.2, 0.25) is 0 Å². The zero-order chi connectivity index (χ0) is 13.3. The molecule has 0 amide bonds. The van der Waals surface area contributed by atoms with E-state index in [2.05, 4.69) is 44.4 Å².